The molecule has 1 atom stereocenters. The van der Waals surface area contributed by atoms with Crippen molar-refractivity contribution in [3.8, 4) is 0 Å². The molecule has 2 N–H and O–H groups in total. The average molecular weight is 397 g/mol. The van der Waals surface area contributed by atoms with E-state index in [9.17, 15) is 27.9 Å². The summed E-state index contributed by atoms with van der Waals surface area (Å²) in [6.45, 7) is 5.32. The summed E-state index contributed by atoms with van der Waals surface area (Å²) in [5.74, 6) is -1.82. The summed E-state index contributed by atoms with van der Waals surface area (Å²) in [6.07, 6.45) is -4.69. The number of aryl methyl sites for hydroxylation is 2. The monoisotopic (exact) mass is 397 g/mol. The Kier molecular flexibility index (Phi) is 6.16. The number of carbonyl (C=O) groups excluding carboxylic acids is 1. The van der Waals surface area contributed by atoms with Crippen LogP contribution in [0.4, 0.5) is 13.2 Å². The normalized spacial score (nSPS) is 12.7. The molecule has 0 fully saturated rings. The minimum atomic E-state index is -4.43. The molecule has 1 aromatic heterocycles. The van der Waals surface area contributed by atoms with Crippen molar-refractivity contribution in [1.29, 1.82) is 0 Å². The maximum Gasteiger partial charge on any atom is 0.408 e. The number of aromatic nitrogens is 2. The molecule has 0 saturated carbocycles. The van der Waals surface area contributed by atoms with Crippen molar-refractivity contribution >= 4 is 11.9 Å². The van der Waals surface area contributed by atoms with Gasteiger partial charge in [0.05, 0.1) is 12.1 Å². The zero-order valence-electron chi connectivity index (χ0n) is 16.0. The summed E-state index contributed by atoms with van der Waals surface area (Å²) < 4.78 is 38.7. The van der Waals surface area contributed by atoms with Gasteiger partial charge in [-0.1, -0.05) is 18.2 Å². The van der Waals surface area contributed by atoms with Crippen molar-refractivity contribution in [3.05, 3.63) is 51.8 Å². The number of carboxylic acid groups (broad SMARTS) is 1. The molecule has 152 valence electrons. The predicted molar refractivity (Wildman–Crippen MR) is 95.9 cm³/mol. The van der Waals surface area contributed by atoms with Gasteiger partial charge in [0.2, 0.25) is 5.91 Å². The van der Waals surface area contributed by atoms with Crippen molar-refractivity contribution in [2.24, 2.45) is 0 Å². The standard InChI is InChI=1S/C19H22F3N3O3/c1-10-6-5-7-14(11(10)2)17(18(27)28)23-16(26)8-15-12(3)24-25(13(15)4)9-19(20,21)22/h5-7,17H,8-9H2,1-4H3,(H,23,26)(H,27,28). The lowest BCUT2D eigenvalue weighted by Crippen LogP contribution is -2.35. The first-order valence-corrected chi connectivity index (χ1v) is 8.58. The summed E-state index contributed by atoms with van der Waals surface area (Å²) in [5, 5.41) is 15.9. The second-order valence-corrected chi connectivity index (χ2v) is 6.73. The van der Waals surface area contributed by atoms with E-state index in [1.807, 2.05) is 13.0 Å². The zero-order valence-corrected chi connectivity index (χ0v) is 16.0. The number of carbonyl (C=O) groups is 2. The van der Waals surface area contributed by atoms with E-state index < -0.39 is 30.6 Å². The Balaban J connectivity index is 2.23. The second-order valence-electron chi connectivity index (χ2n) is 6.73. The molecular weight excluding hydrogens is 375 g/mol. The first-order chi connectivity index (χ1) is 12.9. The second kappa shape index (κ2) is 8.04. The van der Waals surface area contributed by atoms with E-state index in [0.29, 0.717) is 16.8 Å². The lowest BCUT2D eigenvalue weighted by atomic mass is 9.97. The van der Waals surface area contributed by atoms with E-state index in [1.165, 1.54) is 13.8 Å². The molecule has 0 spiro atoms. The van der Waals surface area contributed by atoms with Crippen LogP contribution in [0, 0.1) is 27.7 Å². The molecule has 0 aliphatic rings. The van der Waals surface area contributed by atoms with E-state index >= 15 is 0 Å². The fourth-order valence-corrected chi connectivity index (χ4v) is 3.05. The first kappa shape index (κ1) is 21.5. The number of carboxylic acids is 1. The molecule has 1 aromatic carbocycles. The van der Waals surface area contributed by atoms with Crippen molar-refractivity contribution in [2.75, 3.05) is 0 Å². The molecule has 1 heterocycles. The highest BCUT2D eigenvalue weighted by Crippen LogP contribution is 2.23. The molecular formula is C19H22F3N3O3. The van der Waals surface area contributed by atoms with Gasteiger partial charge in [-0.05, 0) is 44.4 Å². The van der Waals surface area contributed by atoms with Crippen LogP contribution >= 0.6 is 0 Å². The largest absolute Gasteiger partial charge is 0.479 e. The number of hydrogen-bond acceptors (Lipinski definition) is 3. The molecule has 2 aromatic rings. The smallest absolute Gasteiger partial charge is 0.408 e. The molecule has 6 nitrogen and oxygen atoms in total. The molecule has 1 unspecified atom stereocenters. The Morgan fingerprint density at radius 3 is 2.43 bits per heavy atom. The predicted octanol–water partition coefficient (Wildman–Crippen LogP) is 3.16. The lowest BCUT2D eigenvalue weighted by molar-refractivity contribution is -0.143. The lowest BCUT2D eigenvalue weighted by Gasteiger charge is -2.18. The van der Waals surface area contributed by atoms with Gasteiger partial charge in [-0.3, -0.25) is 9.48 Å². The minimum absolute atomic E-state index is 0.226. The number of benzene rings is 1. The van der Waals surface area contributed by atoms with Gasteiger partial charge in [-0.2, -0.15) is 18.3 Å². The number of alkyl halides is 3. The molecule has 0 radical (unpaired) electrons. The van der Waals surface area contributed by atoms with Gasteiger partial charge in [-0.15, -0.1) is 0 Å². The molecule has 0 aliphatic carbocycles. The summed E-state index contributed by atoms with van der Waals surface area (Å²) in [7, 11) is 0. The molecule has 1 amide bonds. The van der Waals surface area contributed by atoms with E-state index in [-0.39, 0.29) is 12.1 Å². The highest BCUT2D eigenvalue weighted by atomic mass is 19.4. The Morgan fingerprint density at radius 2 is 1.86 bits per heavy atom. The van der Waals surface area contributed by atoms with Gasteiger partial charge in [0.1, 0.15) is 6.54 Å². The zero-order chi connectivity index (χ0) is 21.2. The third-order valence-corrected chi connectivity index (χ3v) is 4.71. The van der Waals surface area contributed by atoms with Gasteiger partial charge in [-0.25, -0.2) is 4.79 Å². The van der Waals surface area contributed by atoms with Crippen molar-refractivity contribution in [3.63, 3.8) is 0 Å². The van der Waals surface area contributed by atoms with Crippen LogP contribution in [0.3, 0.4) is 0 Å². The number of halogens is 3. The number of aliphatic carboxylic acids is 1. The van der Waals surface area contributed by atoms with Gasteiger partial charge >= 0.3 is 12.1 Å². The van der Waals surface area contributed by atoms with Crippen LogP contribution in [-0.2, 0) is 22.6 Å². The van der Waals surface area contributed by atoms with E-state index in [4.69, 9.17) is 0 Å². The van der Waals surface area contributed by atoms with Crippen LogP contribution in [0.5, 0.6) is 0 Å². The SMILES string of the molecule is Cc1cccc(C(NC(=O)Cc2c(C)nn(CC(F)(F)F)c2C)C(=O)O)c1C. The molecule has 0 aliphatic heterocycles. The minimum Gasteiger partial charge on any atom is -0.479 e. The maximum atomic E-state index is 12.6. The molecule has 0 saturated heterocycles. The fraction of sp³-hybridized carbons (Fsp3) is 0.421. The van der Waals surface area contributed by atoms with Crippen LogP contribution in [0.1, 0.15) is 39.7 Å². The van der Waals surface area contributed by atoms with Crippen LogP contribution in [0.15, 0.2) is 18.2 Å². The fourth-order valence-electron chi connectivity index (χ4n) is 3.05. The van der Waals surface area contributed by atoms with Gasteiger partial charge < -0.3 is 10.4 Å². The number of nitrogens with one attached hydrogen (secondary N) is 1. The van der Waals surface area contributed by atoms with E-state index in [2.05, 4.69) is 10.4 Å². The Labute approximate surface area is 160 Å². The topological polar surface area (TPSA) is 84.2 Å². The van der Waals surface area contributed by atoms with Gasteiger partial charge in [0.15, 0.2) is 6.04 Å². The van der Waals surface area contributed by atoms with Crippen LogP contribution in [-0.4, -0.2) is 32.9 Å². The van der Waals surface area contributed by atoms with Gasteiger partial charge in [0, 0.05) is 11.3 Å². The van der Waals surface area contributed by atoms with E-state index in [1.54, 1.807) is 19.1 Å². The molecule has 0 bridgehead atoms. The first-order valence-electron chi connectivity index (χ1n) is 8.58. The molecule has 9 heteroatoms. The maximum absolute atomic E-state index is 12.6. The summed E-state index contributed by atoms with van der Waals surface area (Å²) in [4.78, 5) is 24.2. The van der Waals surface area contributed by atoms with Gasteiger partial charge in [0.25, 0.3) is 0 Å². The highest BCUT2D eigenvalue weighted by molar-refractivity contribution is 5.86. The quantitative estimate of drug-likeness (QED) is 0.784. The third-order valence-electron chi connectivity index (χ3n) is 4.71. The summed E-state index contributed by atoms with van der Waals surface area (Å²) in [6, 6.07) is 3.91. The average Bonchev–Trinajstić information content (AvgIpc) is 2.81. The van der Waals surface area contributed by atoms with Crippen LogP contribution in [0.25, 0.3) is 0 Å². The Bertz CT molecular complexity index is 904. The van der Waals surface area contributed by atoms with Crippen LogP contribution < -0.4 is 5.32 Å². The number of hydrogen-bond donors (Lipinski definition) is 2. The third kappa shape index (κ3) is 4.90. The summed E-state index contributed by atoms with van der Waals surface area (Å²) >= 11 is 0. The van der Waals surface area contributed by atoms with E-state index in [0.717, 1.165) is 15.8 Å². The number of rotatable bonds is 6. The number of nitrogens with zero attached hydrogens (tertiary/aromatic N) is 2. The molecule has 2 rings (SSSR count). The van der Waals surface area contributed by atoms with Crippen LogP contribution in [0.2, 0.25) is 0 Å². The van der Waals surface area contributed by atoms with Crippen molar-refractivity contribution in [1.82, 2.24) is 15.1 Å². The Hall–Kier alpha value is -2.84. The van der Waals surface area contributed by atoms with Crippen molar-refractivity contribution < 1.29 is 27.9 Å². The Morgan fingerprint density at radius 1 is 1.21 bits per heavy atom. The summed E-state index contributed by atoms with van der Waals surface area (Å²) in [5.41, 5.74) is 2.98. The molecule has 28 heavy (non-hydrogen) atoms. The number of amides is 1. The highest BCUT2D eigenvalue weighted by Gasteiger charge is 2.31. The van der Waals surface area contributed by atoms with Crippen molar-refractivity contribution in [2.45, 2.75) is 52.9 Å².